The molecule has 3 atom stereocenters. The lowest BCUT2D eigenvalue weighted by atomic mass is 9.98. The summed E-state index contributed by atoms with van der Waals surface area (Å²) in [4.78, 5) is 14.8. The van der Waals surface area contributed by atoms with E-state index in [-0.39, 0.29) is 30.4 Å². The van der Waals surface area contributed by atoms with Crippen LogP contribution in [0.2, 0.25) is 10.0 Å². The van der Waals surface area contributed by atoms with E-state index >= 15 is 0 Å². The van der Waals surface area contributed by atoms with E-state index in [2.05, 4.69) is 0 Å². The monoisotopic (exact) mass is 341 g/mol. The fourth-order valence-corrected chi connectivity index (χ4v) is 4.12. The van der Waals surface area contributed by atoms with Crippen molar-refractivity contribution in [3.63, 3.8) is 0 Å². The minimum absolute atomic E-state index is 0.0398. The number of rotatable bonds is 4. The van der Waals surface area contributed by atoms with Crippen LogP contribution in [0.25, 0.3) is 0 Å². The minimum Gasteiger partial charge on any atom is -0.396 e. The van der Waals surface area contributed by atoms with Crippen molar-refractivity contribution in [2.75, 3.05) is 13.2 Å². The molecule has 2 aliphatic rings. The lowest BCUT2D eigenvalue weighted by molar-refractivity contribution is -0.136. The predicted molar refractivity (Wildman–Crippen MR) is 88.4 cm³/mol. The van der Waals surface area contributed by atoms with E-state index < -0.39 is 0 Å². The molecule has 1 saturated heterocycles. The maximum atomic E-state index is 12.8. The van der Waals surface area contributed by atoms with Gasteiger partial charge in [0.1, 0.15) is 0 Å². The van der Waals surface area contributed by atoms with Gasteiger partial charge in [-0.2, -0.15) is 0 Å². The number of halogens is 2. The Morgan fingerprint density at radius 3 is 2.86 bits per heavy atom. The first-order valence-corrected chi connectivity index (χ1v) is 8.73. The Kier molecular flexibility index (Phi) is 4.96. The van der Waals surface area contributed by atoms with Gasteiger partial charge in [0.15, 0.2) is 0 Å². The highest BCUT2D eigenvalue weighted by Crippen LogP contribution is 2.51. The van der Waals surface area contributed by atoms with E-state index in [1.54, 1.807) is 6.07 Å². The molecule has 0 bridgehead atoms. The maximum Gasteiger partial charge on any atom is 0.226 e. The third kappa shape index (κ3) is 3.27. The van der Waals surface area contributed by atoms with E-state index in [1.807, 2.05) is 17.0 Å². The zero-order valence-electron chi connectivity index (χ0n) is 12.5. The van der Waals surface area contributed by atoms with Crippen molar-refractivity contribution >= 4 is 29.1 Å². The van der Waals surface area contributed by atoms with Crippen molar-refractivity contribution in [1.29, 1.82) is 0 Å². The van der Waals surface area contributed by atoms with Crippen LogP contribution in [0.3, 0.4) is 0 Å². The van der Waals surface area contributed by atoms with Crippen LogP contribution >= 0.6 is 23.2 Å². The second kappa shape index (κ2) is 6.77. The van der Waals surface area contributed by atoms with Gasteiger partial charge in [0.05, 0.1) is 0 Å². The Morgan fingerprint density at radius 1 is 1.32 bits per heavy atom. The number of piperidine rings is 1. The molecular weight excluding hydrogens is 321 g/mol. The summed E-state index contributed by atoms with van der Waals surface area (Å²) in [6, 6.07) is 5.71. The van der Waals surface area contributed by atoms with Crippen molar-refractivity contribution < 1.29 is 9.90 Å². The first kappa shape index (κ1) is 16.1. The fourth-order valence-electron chi connectivity index (χ4n) is 3.57. The zero-order valence-corrected chi connectivity index (χ0v) is 14.0. The van der Waals surface area contributed by atoms with Crippen LogP contribution in [0.5, 0.6) is 0 Å². The molecule has 0 spiro atoms. The topological polar surface area (TPSA) is 40.5 Å². The highest BCUT2D eigenvalue weighted by atomic mass is 35.5. The van der Waals surface area contributed by atoms with Crippen LogP contribution in [-0.2, 0) is 4.79 Å². The van der Waals surface area contributed by atoms with Gasteiger partial charge in [0.25, 0.3) is 0 Å². The van der Waals surface area contributed by atoms with Crippen molar-refractivity contribution in [2.24, 2.45) is 5.92 Å². The Morgan fingerprint density at radius 2 is 2.14 bits per heavy atom. The second-order valence-corrected chi connectivity index (χ2v) is 7.15. The summed E-state index contributed by atoms with van der Waals surface area (Å²) in [6.45, 7) is 0.965. The number of aliphatic hydroxyl groups is 1. The molecule has 0 aromatic heterocycles. The Bertz CT molecular complexity index is 562. The highest BCUT2D eigenvalue weighted by molar-refractivity contribution is 6.35. The molecular formula is C17H21Cl2NO2. The van der Waals surface area contributed by atoms with Crippen LogP contribution in [-0.4, -0.2) is 35.1 Å². The first-order valence-electron chi connectivity index (χ1n) is 7.98. The van der Waals surface area contributed by atoms with E-state index in [0.29, 0.717) is 16.5 Å². The average molecular weight is 342 g/mol. The van der Waals surface area contributed by atoms with Crippen LogP contribution in [0.1, 0.15) is 43.6 Å². The molecule has 22 heavy (non-hydrogen) atoms. The molecule has 3 nitrogen and oxygen atoms in total. The molecule has 0 radical (unpaired) electrons. The van der Waals surface area contributed by atoms with Crippen molar-refractivity contribution in [3.05, 3.63) is 33.8 Å². The number of nitrogens with zero attached hydrogens (tertiary/aromatic N) is 1. The first-order chi connectivity index (χ1) is 10.6. The summed E-state index contributed by atoms with van der Waals surface area (Å²) in [5.74, 6) is 0.487. The molecule has 120 valence electrons. The van der Waals surface area contributed by atoms with Crippen LogP contribution in [0.15, 0.2) is 18.2 Å². The maximum absolute atomic E-state index is 12.8. The number of carbonyl (C=O) groups excluding carboxylic acids is 1. The molecule has 1 aromatic carbocycles. The minimum atomic E-state index is 0.0398. The van der Waals surface area contributed by atoms with Crippen LogP contribution in [0.4, 0.5) is 0 Å². The summed E-state index contributed by atoms with van der Waals surface area (Å²) in [7, 11) is 0. The fraction of sp³-hybridized carbons (Fsp3) is 0.588. The number of amides is 1. The van der Waals surface area contributed by atoms with E-state index in [9.17, 15) is 9.90 Å². The molecule has 3 unspecified atom stereocenters. The number of hydrogen-bond donors (Lipinski definition) is 1. The van der Waals surface area contributed by atoms with Gasteiger partial charge < -0.3 is 10.0 Å². The second-order valence-electron chi connectivity index (χ2n) is 6.31. The van der Waals surface area contributed by atoms with Gasteiger partial charge >= 0.3 is 0 Å². The van der Waals surface area contributed by atoms with Gasteiger partial charge in [-0.3, -0.25) is 4.79 Å². The summed E-state index contributed by atoms with van der Waals surface area (Å²) >= 11 is 12.2. The van der Waals surface area contributed by atoms with Crippen molar-refractivity contribution in [2.45, 2.75) is 44.1 Å². The van der Waals surface area contributed by atoms with Crippen LogP contribution < -0.4 is 0 Å². The van der Waals surface area contributed by atoms with Gasteiger partial charge in [-0.1, -0.05) is 29.3 Å². The third-order valence-corrected chi connectivity index (χ3v) is 5.40. The van der Waals surface area contributed by atoms with E-state index in [0.717, 1.165) is 37.8 Å². The third-order valence-electron chi connectivity index (χ3n) is 4.84. The zero-order chi connectivity index (χ0) is 15.7. The molecule has 1 aliphatic carbocycles. The average Bonchev–Trinajstić information content (AvgIpc) is 3.28. The lowest BCUT2D eigenvalue weighted by Crippen LogP contribution is -2.45. The molecule has 2 fully saturated rings. The molecule has 1 amide bonds. The predicted octanol–water partition coefficient (Wildman–Crippen LogP) is 3.86. The molecule has 3 rings (SSSR count). The SMILES string of the molecule is O=C(C1CC1c1ccc(Cl)cc1Cl)N1CCCCC1CCO. The largest absolute Gasteiger partial charge is 0.396 e. The number of carbonyl (C=O) groups is 1. The normalized spacial score (nSPS) is 27.8. The lowest BCUT2D eigenvalue weighted by Gasteiger charge is -2.36. The molecule has 1 N–H and O–H groups in total. The number of hydrogen-bond acceptors (Lipinski definition) is 2. The summed E-state index contributed by atoms with van der Waals surface area (Å²) in [5.41, 5.74) is 1.03. The van der Waals surface area contributed by atoms with Gasteiger partial charge in [0, 0.05) is 35.2 Å². The highest BCUT2D eigenvalue weighted by Gasteiger charge is 2.47. The smallest absolute Gasteiger partial charge is 0.226 e. The quantitative estimate of drug-likeness (QED) is 0.903. The van der Waals surface area contributed by atoms with Crippen molar-refractivity contribution in [1.82, 2.24) is 4.90 Å². The number of benzene rings is 1. The standard InChI is InChI=1S/C17H21Cl2NO2/c18-11-4-5-13(16(19)9-11)14-10-15(14)17(22)20-7-2-1-3-12(20)6-8-21/h4-5,9,12,14-15,21H,1-3,6-8,10H2. The van der Waals surface area contributed by atoms with E-state index in [4.69, 9.17) is 23.2 Å². The van der Waals surface area contributed by atoms with Gasteiger partial charge in [-0.25, -0.2) is 0 Å². The van der Waals surface area contributed by atoms with Crippen LogP contribution in [0, 0.1) is 5.92 Å². The van der Waals surface area contributed by atoms with Gasteiger partial charge in [0.2, 0.25) is 5.91 Å². The Labute approximate surface area is 141 Å². The summed E-state index contributed by atoms with van der Waals surface area (Å²) < 4.78 is 0. The summed E-state index contributed by atoms with van der Waals surface area (Å²) in [5, 5.41) is 10.5. The van der Waals surface area contributed by atoms with Gasteiger partial charge in [-0.15, -0.1) is 0 Å². The summed E-state index contributed by atoms with van der Waals surface area (Å²) in [6.07, 6.45) is 4.76. The van der Waals surface area contributed by atoms with E-state index in [1.165, 1.54) is 0 Å². The molecule has 5 heteroatoms. The molecule has 1 aromatic rings. The number of aliphatic hydroxyl groups excluding tert-OH is 1. The molecule has 1 saturated carbocycles. The molecule has 1 heterocycles. The Hall–Kier alpha value is -0.770. The Balaban J connectivity index is 1.69. The van der Waals surface area contributed by atoms with Crippen molar-refractivity contribution in [3.8, 4) is 0 Å². The number of likely N-dealkylation sites (tertiary alicyclic amines) is 1. The van der Waals surface area contributed by atoms with Gasteiger partial charge in [-0.05, 0) is 55.7 Å². The molecule has 1 aliphatic heterocycles.